The highest BCUT2D eigenvalue weighted by molar-refractivity contribution is 7.91. The van der Waals surface area contributed by atoms with E-state index in [2.05, 4.69) is 23.9 Å². The number of hydrogen-bond donors (Lipinski definition) is 1. The lowest BCUT2D eigenvalue weighted by Crippen LogP contribution is -2.42. The van der Waals surface area contributed by atoms with Crippen LogP contribution < -0.4 is 5.32 Å². The number of ether oxygens (including phenoxy) is 1. The van der Waals surface area contributed by atoms with E-state index in [0.29, 0.717) is 5.92 Å². The molecule has 0 aliphatic heterocycles. The van der Waals surface area contributed by atoms with E-state index in [9.17, 15) is 13.2 Å². The zero-order chi connectivity index (χ0) is 16.1. The van der Waals surface area contributed by atoms with Gasteiger partial charge in [-0.15, -0.1) is 0 Å². The van der Waals surface area contributed by atoms with Crippen LogP contribution in [0.5, 0.6) is 0 Å². The fourth-order valence-electron chi connectivity index (χ4n) is 2.70. The fourth-order valence-corrected chi connectivity index (χ4v) is 5.13. The molecular weight excluding hydrogens is 290 g/mol. The van der Waals surface area contributed by atoms with Crippen molar-refractivity contribution in [1.82, 2.24) is 5.32 Å². The maximum atomic E-state index is 12.5. The van der Waals surface area contributed by atoms with E-state index in [1.165, 1.54) is 7.11 Å². The van der Waals surface area contributed by atoms with Crippen LogP contribution >= 0.6 is 0 Å². The van der Waals surface area contributed by atoms with Crippen LogP contribution in [0, 0.1) is 11.3 Å². The third kappa shape index (κ3) is 5.94. The van der Waals surface area contributed by atoms with E-state index in [-0.39, 0.29) is 35.4 Å². The molecule has 5 nitrogen and oxygen atoms in total. The molecule has 1 N–H and O–H groups in total. The molecule has 6 heteroatoms. The fraction of sp³-hybridized carbons (Fsp3) is 0.933. The van der Waals surface area contributed by atoms with Gasteiger partial charge in [-0.2, -0.15) is 0 Å². The minimum atomic E-state index is -3.18. The predicted molar refractivity (Wildman–Crippen MR) is 83.9 cm³/mol. The normalized spacial score (nSPS) is 19.8. The summed E-state index contributed by atoms with van der Waals surface area (Å²) in [4.78, 5) is 11.4. The number of esters is 1. The van der Waals surface area contributed by atoms with Crippen molar-refractivity contribution in [1.29, 1.82) is 0 Å². The zero-order valence-electron chi connectivity index (χ0n) is 13.6. The topological polar surface area (TPSA) is 72.5 Å². The molecule has 1 rings (SSSR count). The van der Waals surface area contributed by atoms with Gasteiger partial charge < -0.3 is 10.1 Å². The van der Waals surface area contributed by atoms with E-state index < -0.39 is 9.84 Å². The van der Waals surface area contributed by atoms with Crippen molar-refractivity contribution < 1.29 is 17.9 Å². The second kappa shape index (κ2) is 7.58. The Morgan fingerprint density at radius 3 is 2.38 bits per heavy atom. The van der Waals surface area contributed by atoms with Gasteiger partial charge in [0.05, 0.1) is 25.0 Å². The van der Waals surface area contributed by atoms with Crippen LogP contribution in [0.15, 0.2) is 0 Å². The summed E-state index contributed by atoms with van der Waals surface area (Å²) in [7, 11) is -1.83. The Balaban J connectivity index is 2.66. The molecule has 0 aromatic carbocycles. The second-order valence-electron chi connectivity index (χ2n) is 6.36. The summed E-state index contributed by atoms with van der Waals surface area (Å²) in [6.07, 6.45) is 2.77. The molecular formula is C15H29NO4S. The monoisotopic (exact) mass is 319 g/mol. The number of sulfone groups is 1. The van der Waals surface area contributed by atoms with Gasteiger partial charge in [-0.25, -0.2) is 8.42 Å². The number of nitrogens with one attached hydrogen (secondary N) is 1. The van der Waals surface area contributed by atoms with Crippen molar-refractivity contribution in [2.24, 2.45) is 11.3 Å². The molecule has 0 amide bonds. The Morgan fingerprint density at radius 2 is 1.95 bits per heavy atom. The first-order chi connectivity index (χ1) is 9.77. The second-order valence-corrected chi connectivity index (χ2v) is 8.47. The van der Waals surface area contributed by atoms with Gasteiger partial charge in [0.25, 0.3) is 0 Å². The summed E-state index contributed by atoms with van der Waals surface area (Å²) in [5.41, 5.74) is -0.363. The zero-order valence-corrected chi connectivity index (χ0v) is 14.5. The van der Waals surface area contributed by atoms with Crippen LogP contribution in [-0.4, -0.2) is 45.6 Å². The van der Waals surface area contributed by atoms with Crippen LogP contribution in [0.3, 0.4) is 0 Å². The number of hydrogen-bond acceptors (Lipinski definition) is 5. The Bertz CT molecular complexity index is 443. The van der Waals surface area contributed by atoms with Gasteiger partial charge in [0.2, 0.25) is 0 Å². The van der Waals surface area contributed by atoms with Gasteiger partial charge in [-0.1, -0.05) is 27.2 Å². The number of methoxy groups -OCH3 is 1. The molecule has 2 unspecified atom stereocenters. The molecule has 2 atom stereocenters. The quantitative estimate of drug-likeness (QED) is 0.621. The molecule has 0 aromatic rings. The Labute approximate surface area is 128 Å². The van der Waals surface area contributed by atoms with E-state index in [1.807, 2.05) is 6.92 Å². The Hall–Kier alpha value is -0.620. The van der Waals surface area contributed by atoms with Crippen molar-refractivity contribution >= 4 is 15.8 Å². The van der Waals surface area contributed by atoms with Gasteiger partial charge in [0, 0.05) is 6.04 Å². The third-order valence-electron chi connectivity index (χ3n) is 4.46. The molecule has 0 aromatic heterocycles. The minimum absolute atomic E-state index is 0.0149. The van der Waals surface area contributed by atoms with Gasteiger partial charge in [0.15, 0.2) is 9.84 Å². The van der Waals surface area contributed by atoms with Crippen molar-refractivity contribution in [2.45, 2.75) is 52.5 Å². The highest BCUT2D eigenvalue weighted by atomic mass is 32.2. The summed E-state index contributed by atoms with van der Waals surface area (Å²) in [5, 5.41) is 3.28. The summed E-state index contributed by atoms with van der Waals surface area (Å²) >= 11 is 0. The van der Waals surface area contributed by atoms with Crippen LogP contribution in [-0.2, 0) is 19.4 Å². The standard InChI is InChI=1S/C15H29NO4S/c1-5-12(3)13(16-6-2)10-21(18,19)11-15(7-8-15)9-14(17)20-4/h12-13,16H,5-11H2,1-4H3. The number of carbonyl (C=O) groups excluding carboxylic acids is 1. The van der Waals surface area contributed by atoms with Crippen LogP contribution in [0.4, 0.5) is 0 Å². The van der Waals surface area contributed by atoms with Crippen LogP contribution in [0.2, 0.25) is 0 Å². The SMILES string of the molecule is CCNC(CS(=O)(=O)CC1(CC(=O)OC)CC1)C(C)CC. The molecule has 1 aliphatic rings. The van der Waals surface area contributed by atoms with Gasteiger partial charge in [-0.05, 0) is 30.7 Å². The lowest BCUT2D eigenvalue weighted by Gasteiger charge is -2.24. The van der Waals surface area contributed by atoms with E-state index >= 15 is 0 Å². The first kappa shape index (κ1) is 18.4. The maximum absolute atomic E-state index is 12.5. The first-order valence-electron chi connectivity index (χ1n) is 7.78. The van der Waals surface area contributed by atoms with Crippen LogP contribution in [0.1, 0.15) is 46.5 Å². The van der Waals surface area contributed by atoms with Crippen molar-refractivity contribution in [3.05, 3.63) is 0 Å². The number of rotatable bonds is 10. The lowest BCUT2D eigenvalue weighted by molar-refractivity contribution is -0.141. The largest absolute Gasteiger partial charge is 0.469 e. The molecule has 21 heavy (non-hydrogen) atoms. The molecule has 0 heterocycles. The van der Waals surface area contributed by atoms with Gasteiger partial charge in [-0.3, -0.25) is 4.79 Å². The molecule has 0 spiro atoms. The average Bonchev–Trinajstić information content (AvgIpc) is 3.15. The lowest BCUT2D eigenvalue weighted by atomic mass is 10.0. The summed E-state index contributed by atoms with van der Waals surface area (Å²) in [5.74, 6) is 0.259. The van der Waals surface area contributed by atoms with Crippen molar-refractivity contribution in [3.8, 4) is 0 Å². The van der Waals surface area contributed by atoms with Gasteiger partial charge in [0.1, 0.15) is 0 Å². The Kier molecular flexibility index (Phi) is 6.66. The minimum Gasteiger partial charge on any atom is -0.469 e. The average molecular weight is 319 g/mol. The molecule has 1 aliphatic carbocycles. The molecule has 0 saturated heterocycles. The van der Waals surface area contributed by atoms with E-state index in [0.717, 1.165) is 25.8 Å². The smallest absolute Gasteiger partial charge is 0.306 e. The first-order valence-corrected chi connectivity index (χ1v) is 9.60. The highest BCUT2D eigenvalue weighted by Gasteiger charge is 2.48. The highest BCUT2D eigenvalue weighted by Crippen LogP contribution is 2.50. The van der Waals surface area contributed by atoms with E-state index in [1.54, 1.807) is 0 Å². The van der Waals surface area contributed by atoms with Crippen LogP contribution in [0.25, 0.3) is 0 Å². The third-order valence-corrected chi connectivity index (χ3v) is 6.38. The Morgan fingerprint density at radius 1 is 1.33 bits per heavy atom. The van der Waals surface area contributed by atoms with Crippen molar-refractivity contribution in [3.63, 3.8) is 0 Å². The molecule has 0 radical (unpaired) electrons. The van der Waals surface area contributed by atoms with Crippen molar-refractivity contribution in [2.75, 3.05) is 25.2 Å². The van der Waals surface area contributed by atoms with E-state index in [4.69, 9.17) is 0 Å². The molecule has 1 saturated carbocycles. The maximum Gasteiger partial charge on any atom is 0.306 e. The molecule has 124 valence electrons. The van der Waals surface area contributed by atoms with Gasteiger partial charge >= 0.3 is 5.97 Å². The molecule has 1 fully saturated rings. The summed E-state index contributed by atoms with van der Waals surface area (Å²) in [6, 6.07) is -0.0149. The summed E-state index contributed by atoms with van der Waals surface area (Å²) in [6.45, 7) is 6.89. The number of carbonyl (C=O) groups is 1. The predicted octanol–water partition coefficient (Wildman–Crippen LogP) is 1.77. The summed E-state index contributed by atoms with van der Waals surface area (Å²) < 4.78 is 29.6. The molecule has 0 bridgehead atoms.